The minimum absolute atomic E-state index is 0.328. The highest BCUT2D eigenvalue weighted by molar-refractivity contribution is 5.43. The molecule has 1 unspecified atom stereocenters. The van der Waals surface area contributed by atoms with Crippen molar-refractivity contribution in [2.75, 3.05) is 20.3 Å². The molecule has 1 aromatic carbocycles. The second kappa shape index (κ2) is 9.67. The Morgan fingerprint density at radius 1 is 1.14 bits per heavy atom. The minimum Gasteiger partial charge on any atom is -0.493 e. The Bertz CT molecular complexity index is 404. The van der Waals surface area contributed by atoms with Gasteiger partial charge in [0.2, 0.25) is 0 Å². The summed E-state index contributed by atoms with van der Waals surface area (Å²) in [6.07, 6.45) is 3.41. The normalized spacial score (nSPS) is 12.5. The van der Waals surface area contributed by atoms with Crippen LogP contribution in [-0.4, -0.2) is 20.3 Å². The average Bonchev–Trinajstić information content (AvgIpc) is 2.48. The van der Waals surface area contributed by atoms with Crippen LogP contribution < -0.4 is 14.8 Å². The van der Waals surface area contributed by atoms with Gasteiger partial charge in [-0.2, -0.15) is 0 Å². The molecule has 120 valence electrons. The highest BCUT2D eigenvalue weighted by Crippen LogP contribution is 2.30. The molecule has 21 heavy (non-hydrogen) atoms. The van der Waals surface area contributed by atoms with Crippen LogP contribution in [0.25, 0.3) is 0 Å². The monoisotopic (exact) mass is 293 g/mol. The lowest BCUT2D eigenvalue weighted by molar-refractivity contribution is 0.279. The van der Waals surface area contributed by atoms with Crippen LogP contribution in [0.1, 0.15) is 58.6 Å². The highest BCUT2D eigenvalue weighted by atomic mass is 16.5. The summed E-state index contributed by atoms with van der Waals surface area (Å²) in [7, 11) is 1.70. The number of rotatable bonds is 10. The van der Waals surface area contributed by atoms with E-state index in [0.717, 1.165) is 43.4 Å². The summed E-state index contributed by atoms with van der Waals surface area (Å²) in [5, 5.41) is 3.49. The summed E-state index contributed by atoms with van der Waals surface area (Å²) < 4.78 is 11.3. The number of hydrogen-bond acceptors (Lipinski definition) is 3. The molecule has 0 aliphatic rings. The van der Waals surface area contributed by atoms with Crippen molar-refractivity contribution in [2.45, 2.75) is 53.0 Å². The van der Waals surface area contributed by atoms with Gasteiger partial charge in [0.15, 0.2) is 11.5 Å². The van der Waals surface area contributed by atoms with E-state index in [4.69, 9.17) is 9.47 Å². The topological polar surface area (TPSA) is 30.5 Å². The Labute approximate surface area is 130 Å². The van der Waals surface area contributed by atoms with Gasteiger partial charge in [-0.15, -0.1) is 0 Å². The molecule has 0 saturated heterocycles. The van der Waals surface area contributed by atoms with Gasteiger partial charge in [-0.25, -0.2) is 0 Å². The molecule has 3 nitrogen and oxygen atoms in total. The molecule has 0 aliphatic carbocycles. The average molecular weight is 293 g/mol. The lowest BCUT2D eigenvalue weighted by Crippen LogP contribution is -2.19. The van der Waals surface area contributed by atoms with Gasteiger partial charge in [-0.1, -0.05) is 26.8 Å². The first-order valence-electron chi connectivity index (χ1n) is 8.12. The fourth-order valence-electron chi connectivity index (χ4n) is 2.23. The van der Waals surface area contributed by atoms with E-state index < -0.39 is 0 Å². The van der Waals surface area contributed by atoms with Crippen LogP contribution in [0.2, 0.25) is 0 Å². The summed E-state index contributed by atoms with van der Waals surface area (Å²) in [6.45, 7) is 10.6. The van der Waals surface area contributed by atoms with E-state index in [2.05, 4.69) is 45.1 Å². The quantitative estimate of drug-likeness (QED) is 0.641. The standard InChI is InChI=1S/C18H31NO2/c1-6-11-19-15(4)16-9-10-17(18(13-16)20-5)21-12-7-8-14(2)3/h9-10,13-15,19H,6-8,11-12H2,1-5H3. The van der Waals surface area contributed by atoms with Gasteiger partial charge in [0, 0.05) is 6.04 Å². The molecule has 0 heterocycles. The molecule has 0 amide bonds. The van der Waals surface area contributed by atoms with E-state index in [1.54, 1.807) is 7.11 Å². The van der Waals surface area contributed by atoms with Crippen molar-refractivity contribution in [3.63, 3.8) is 0 Å². The number of methoxy groups -OCH3 is 1. The van der Waals surface area contributed by atoms with Crippen molar-refractivity contribution in [1.82, 2.24) is 5.32 Å². The Kier molecular flexibility index (Phi) is 8.21. The molecule has 0 spiro atoms. The number of hydrogen-bond donors (Lipinski definition) is 1. The molecule has 1 atom stereocenters. The molecule has 3 heteroatoms. The molecule has 0 aromatic heterocycles. The Morgan fingerprint density at radius 3 is 2.52 bits per heavy atom. The second-order valence-electron chi connectivity index (χ2n) is 5.97. The zero-order chi connectivity index (χ0) is 15.7. The predicted molar refractivity (Wildman–Crippen MR) is 89.3 cm³/mol. The van der Waals surface area contributed by atoms with Crippen LogP contribution in [0, 0.1) is 5.92 Å². The Hall–Kier alpha value is -1.22. The van der Waals surface area contributed by atoms with Gasteiger partial charge in [0.25, 0.3) is 0 Å². The van der Waals surface area contributed by atoms with E-state index >= 15 is 0 Å². The third kappa shape index (κ3) is 6.38. The van der Waals surface area contributed by atoms with Crippen molar-refractivity contribution < 1.29 is 9.47 Å². The second-order valence-corrected chi connectivity index (χ2v) is 5.97. The van der Waals surface area contributed by atoms with Gasteiger partial charge in [0.05, 0.1) is 13.7 Å². The summed E-state index contributed by atoms with van der Waals surface area (Å²) in [5.41, 5.74) is 1.23. The highest BCUT2D eigenvalue weighted by Gasteiger charge is 2.10. The molecular formula is C18H31NO2. The van der Waals surface area contributed by atoms with Crippen LogP contribution >= 0.6 is 0 Å². The molecule has 0 saturated carbocycles. The zero-order valence-corrected chi connectivity index (χ0v) is 14.2. The SMILES string of the molecule is CCCNC(C)c1ccc(OCCCC(C)C)c(OC)c1. The number of nitrogens with one attached hydrogen (secondary N) is 1. The van der Waals surface area contributed by atoms with Crippen molar-refractivity contribution in [1.29, 1.82) is 0 Å². The smallest absolute Gasteiger partial charge is 0.161 e. The van der Waals surface area contributed by atoms with Gasteiger partial charge >= 0.3 is 0 Å². The van der Waals surface area contributed by atoms with E-state index in [0.29, 0.717) is 6.04 Å². The van der Waals surface area contributed by atoms with E-state index in [9.17, 15) is 0 Å². The zero-order valence-electron chi connectivity index (χ0n) is 14.2. The van der Waals surface area contributed by atoms with Crippen molar-refractivity contribution in [2.24, 2.45) is 5.92 Å². The molecule has 1 aromatic rings. The lowest BCUT2D eigenvalue weighted by Gasteiger charge is -2.17. The predicted octanol–water partition coefficient (Wildman–Crippen LogP) is 4.57. The van der Waals surface area contributed by atoms with Crippen LogP contribution in [0.5, 0.6) is 11.5 Å². The third-order valence-electron chi connectivity index (χ3n) is 3.57. The Morgan fingerprint density at radius 2 is 1.90 bits per heavy atom. The summed E-state index contributed by atoms with van der Waals surface area (Å²) >= 11 is 0. The van der Waals surface area contributed by atoms with Crippen molar-refractivity contribution in [3.8, 4) is 11.5 Å². The fraction of sp³-hybridized carbons (Fsp3) is 0.667. The van der Waals surface area contributed by atoms with Crippen LogP contribution in [-0.2, 0) is 0 Å². The lowest BCUT2D eigenvalue weighted by atomic mass is 10.1. The largest absolute Gasteiger partial charge is 0.493 e. The molecule has 0 fully saturated rings. The fourth-order valence-corrected chi connectivity index (χ4v) is 2.23. The van der Waals surface area contributed by atoms with Gasteiger partial charge < -0.3 is 14.8 Å². The molecule has 1 N–H and O–H groups in total. The first-order valence-corrected chi connectivity index (χ1v) is 8.12. The van der Waals surface area contributed by atoms with Crippen LogP contribution in [0.15, 0.2) is 18.2 Å². The van der Waals surface area contributed by atoms with E-state index in [1.807, 2.05) is 6.07 Å². The van der Waals surface area contributed by atoms with Gasteiger partial charge in [-0.05, 0) is 56.3 Å². The maximum atomic E-state index is 5.85. The molecule has 0 bridgehead atoms. The maximum absolute atomic E-state index is 5.85. The van der Waals surface area contributed by atoms with Crippen molar-refractivity contribution in [3.05, 3.63) is 23.8 Å². The van der Waals surface area contributed by atoms with Gasteiger partial charge in [0.1, 0.15) is 0 Å². The molecular weight excluding hydrogens is 262 g/mol. The first kappa shape index (κ1) is 17.8. The molecule has 1 rings (SSSR count). The van der Waals surface area contributed by atoms with Crippen LogP contribution in [0.4, 0.5) is 0 Å². The van der Waals surface area contributed by atoms with E-state index in [1.165, 1.54) is 12.0 Å². The van der Waals surface area contributed by atoms with Crippen molar-refractivity contribution >= 4 is 0 Å². The molecule has 0 aliphatic heterocycles. The van der Waals surface area contributed by atoms with Gasteiger partial charge in [-0.3, -0.25) is 0 Å². The maximum Gasteiger partial charge on any atom is 0.161 e. The Balaban J connectivity index is 2.61. The summed E-state index contributed by atoms with van der Waals surface area (Å²) in [6, 6.07) is 6.54. The number of ether oxygens (including phenoxy) is 2. The number of benzene rings is 1. The first-order chi connectivity index (χ1) is 10.1. The third-order valence-corrected chi connectivity index (χ3v) is 3.57. The minimum atomic E-state index is 0.328. The summed E-state index contributed by atoms with van der Waals surface area (Å²) in [4.78, 5) is 0. The summed E-state index contributed by atoms with van der Waals surface area (Å²) in [5.74, 6) is 2.39. The van der Waals surface area contributed by atoms with Crippen LogP contribution in [0.3, 0.4) is 0 Å². The molecule has 0 radical (unpaired) electrons. The van der Waals surface area contributed by atoms with E-state index in [-0.39, 0.29) is 0 Å².